The highest BCUT2D eigenvalue weighted by Gasteiger charge is 2.48. The summed E-state index contributed by atoms with van der Waals surface area (Å²) in [6.45, 7) is 3.81. The number of aliphatic hydroxyl groups excluding tert-OH is 1. The number of Topliss-reactive ketones (excluding diaryl/α,β-unsaturated/α-hetero) is 1. The summed E-state index contributed by atoms with van der Waals surface area (Å²) in [5.74, 6) is -1.43. The SMILES string of the molecule is COc1cc(OC)c(/C(O)=C2\C(=O)C(=O)N(c3cccc(C)c3C)C2c2ccccn2)cc1Cl. The molecule has 0 aliphatic carbocycles. The van der Waals surface area contributed by atoms with Crippen molar-refractivity contribution < 1.29 is 24.2 Å². The molecule has 3 aromatic rings. The number of nitrogens with zero attached hydrogens (tertiary/aromatic N) is 2. The number of amides is 1. The summed E-state index contributed by atoms with van der Waals surface area (Å²) in [5, 5.41) is 11.6. The number of ether oxygens (including phenoxy) is 2. The lowest BCUT2D eigenvalue weighted by Crippen LogP contribution is -2.30. The van der Waals surface area contributed by atoms with Gasteiger partial charge >= 0.3 is 0 Å². The fourth-order valence-corrected chi connectivity index (χ4v) is 4.33. The molecule has 2 heterocycles. The molecule has 174 valence electrons. The maximum Gasteiger partial charge on any atom is 0.300 e. The van der Waals surface area contributed by atoms with Gasteiger partial charge < -0.3 is 14.6 Å². The fourth-order valence-electron chi connectivity index (χ4n) is 4.09. The van der Waals surface area contributed by atoms with E-state index in [9.17, 15) is 14.7 Å². The van der Waals surface area contributed by atoms with E-state index in [4.69, 9.17) is 21.1 Å². The molecule has 1 atom stereocenters. The second kappa shape index (κ2) is 9.19. The van der Waals surface area contributed by atoms with Crippen molar-refractivity contribution in [2.24, 2.45) is 0 Å². The monoisotopic (exact) mass is 478 g/mol. The van der Waals surface area contributed by atoms with Gasteiger partial charge in [0.2, 0.25) is 0 Å². The van der Waals surface area contributed by atoms with Gasteiger partial charge in [-0.2, -0.15) is 0 Å². The predicted octanol–water partition coefficient (Wildman–Crippen LogP) is 5.00. The Morgan fingerprint density at radius 2 is 1.76 bits per heavy atom. The molecule has 0 spiro atoms. The molecule has 1 aliphatic rings. The standard InChI is InChI=1S/C26H23ClN2O5/c1-14-8-7-10-19(15(14)2)29-23(18-9-5-6-11-28-18)22(25(31)26(29)32)24(30)16-12-17(27)21(34-4)13-20(16)33-3/h5-13,23,30H,1-4H3/b24-22+. The number of aliphatic hydroxyl groups is 1. The third-order valence-corrected chi connectivity index (χ3v) is 6.27. The first-order chi connectivity index (χ1) is 16.3. The van der Waals surface area contributed by atoms with E-state index in [0.29, 0.717) is 17.1 Å². The van der Waals surface area contributed by atoms with Gasteiger partial charge in [0.15, 0.2) is 0 Å². The van der Waals surface area contributed by atoms with Crippen molar-refractivity contribution >= 4 is 34.7 Å². The molecular formula is C26H23ClN2O5. The van der Waals surface area contributed by atoms with Crippen LogP contribution < -0.4 is 14.4 Å². The highest BCUT2D eigenvalue weighted by molar-refractivity contribution is 6.51. The summed E-state index contributed by atoms with van der Waals surface area (Å²) in [7, 11) is 2.88. The van der Waals surface area contributed by atoms with Crippen LogP contribution in [-0.2, 0) is 9.59 Å². The molecule has 7 nitrogen and oxygen atoms in total. The van der Waals surface area contributed by atoms with Gasteiger partial charge in [0.25, 0.3) is 11.7 Å². The van der Waals surface area contributed by atoms with Gasteiger partial charge in [0.05, 0.1) is 36.1 Å². The van der Waals surface area contributed by atoms with Gasteiger partial charge in [-0.05, 0) is 49.2 Å². The predicted molar refractivity (Wildman–Crippen MR) is 129 cm³/mol. The van der Waals surface area contributed by atoms with Crippen molar-refractivity contribution in [3.63, 3.8) is 0 Å². The summed E-state index contributed by atoms with van der Waals surface area (Å²) in [5.41, 5.74) is 2.86. The van der Waals surface area contributed by atoms with Gasteiger partial charge in [-0.3, -0.25) is 19.5 Å². The molecule has 34 heavy (non-hydrogen) atoms. The number of halogens is 1. The topological polar surface area (TPSA) is 89.0 Å². The third-order valence-electron chi connectivity index (χ3n) is 5.98. The molecule has 1 fully saturated rings. The number of carbonyl (C=O) groups excluding carboxylic acids is 2. The van der Waals surface area contributed by atoms with Crippen LogP contribution in [0.5, 0.6) is 11.5 Å². The minimum Gasteiger partial charge on any atom is -0.507 e. The lowest BCUT2D eigenvalue weighted by atomic mass is 9.97. The Hall–Kier alpha value is -3.84. The summed E-state index contributed by atoms with van der Waals surface area (Å²) >= 11 is 6.30. The first-order valence-electron chi connectivity index (χ1n) is 10.5. The molecule has 4 rings (SSSR count). The lowest BCUT2D eigenvalue weighted by Gasteiger charge is -2.26. The zero-order valence-corrected chi connectivity index (χ0v) is 19.9. The van der Waals surface area contributed by atoms with Crippen LogP contribution in [0.15, 0.2) is 60.3 Å². The van der Waals surface area contributed by atoms with E-state index in [1.54, 1.807) is 30.5 Å². The third kappa shape index (κ3) is 3.78. The number of methoxy groups -OCH3 is 2. The van der Waals surface area contributed by atoms with Crippen LogP contribution in [0.3, 0.4) is 0 Å². The zero-order chi connectivity index (χ0) is 24.6. The normalized spacial score (nSPS) is 17.2. The lowest BCUT2D eigenvalue weighted by molar-refractivity contribution is -0.132. The minimum absolute atomic E-state index is 0.107. The number of carbonyl (C=O) groups is 2. The maximum atomic E-state index is 13.4. The number of hydrogen-bond acceptors (Lipinski definition) is 6. The Morgan fingerprint density at radius 1 is 1.03 bits per heavy atom. The number of benzene rings is 2. The molecule has 8 heteroatoms. The number of ketones is 1. The fraction of sp³-hybridized carbons (Fsp3) is 0.192. The average molecular weight is 479 g/mol. The van der Waals surface area contributed by atoms with Crippen molar-refractivity contribution in [2.75, 3.05) is 19.1 Å². The van der Waals surface area contributed by atoms with E-state index < -0.39 is 23.5 Å². The van der Waals surface area contributed by atoms with Crippen molar-refractivity contribution in [3.8, 4) is 11.5 Å². The summed E-state index contributed by atoms with van der Waals surface area (Å²) in [6, 6.07) is 12.7. The Kier molecular flexibility index (Phi) is 6.30. The van der Waals surface area contributed by atoms with Crippen molar-refractivity contribution in [1.82, 2.24) is 4.98 Å². The van der Waals surface area contributed by atoms with Crippen LogP contribution in [0.2, 0.25) is 5.02 Å². The number of aromatic nitrogens is 1. The number of pyridine rings is 1. The highest BCUT2D eigenvalue weighted by Crippen LogP contribution is 2.45. The van der Waals surface area contributed by atoms with Gasteiger partial charge in [-0.1, -0.05) is 29.8 Å². The molecule has 0 bridgehead atoms. The summed E-state index contributed by atoms with van der Waals surface area (Å²) < 4.78 is 10.6. The average Bonchev–Trinajstić information content (AvgIpc) is 3.11. The second-order valence-corrected chi connectivity index (χ2v) is 8.24. The van der Waals surface area contributed by atoms with Crippen molar-refractivity contribution in [1.29, 1.82) is 0 Å². The molecule has 1 aliphatic heterocycles. The summed E-state index contributed by atoms with van der Waals surface area (Å²) in [6.07, 6.45) is 1.57. The Morgan fingerprint density at radius 3 is 2.41 bits per heavy atom. The number of aryl methyl sites for hydroxylation is 1. The van der Waals surface area contributed by atoms with Crippen molar-refractivity contribution in [3.05, 3.63) is 87.7 Å². The summed E-state index contributed by atoms with van der Waals surface area (Å²) in [4.78, 5) is 32.5. The molecule has 0 radical (unpaired) electrons. The van der Waals surface area contributed by atoms with E-state index in [-0.39, 0.29) is 21.9 Å². The number of rotatable bonds is 5. The molecular weight excluding hydrogens is 456 g/mol. The first kappa shape index (κ1) is 23.3. The van der Waals surface area contributed by atoms with E-state index >= 15 is 0 Å². The van der Waals surface area contributed by atoms with Crippen LogP contribution in [0.1, 0.15) is 28.4 Å². The smallest absolute Gasteiger partial charge is 0.300 e. The maximum absolute atomic E-state index is 13.4. The Labute approximate surface area is 202 Å². The largest absolute Gasteiger partial charge is 0.507 e. The zero-order valence-electron chi connectivity index (χ0n) is 19.1. The molecule has 1 unspecified atom stereocenters. The number of hydrogen-bond donors (Lipinski definition) is 1. The van der Waals surface area contributed by atoms with Gasteiger partial charge in [0.1, 0.15) is 23.3 Å². The molecule has 1 saturated heterocycles. The molecule has 1 N–H and O–H groups in total. The Balaban J connectivity index is 2.01. The number of anilines is 1. The van der Waals surface area contributed by atoms with Crippen molar-refractivity contribution in [2.45, 2.75) is 19.9 Å². The van der Waals surface area contributed by atoms with Crippen LogP contribution in [0, 0.1) is 13.8 Å². The quantitative estimate of drug-likeness (QED) is 0.315. The van der Waals surface area contributed by atoms with Gasteiger partial charge in [0, 0.05) is 18.0 Å². The molecule has 0 saturated carbocycles. The molecule has 2 aromatic carbocycles. The molecule has 1 amide bonds. The Bertz CT molecular complexity index is 1320. The van der Waals surface area contributed by atoms with Crippen LogP contribution in [0.25, 0.3) is 5.76 Å². The van der Waals surface area contributed by atoms with Gasteiger partial charge in [-0.15, -0.1) is 0 Å². The van der Waals surface area contributed by atoms with E-state index in [0.717, 1.165) is 11.1 Å². The minimum atomic E-state index is -0.952. The van der Waals surface area contributed by atoms with E-state index in [1.165, 1.54) is 31.3 Å². The highest BCUT2D eigenvalue weighted by atomic mass is 35.5. The van der Waals surface area contributed by atoms with Crippen LogP contribution >= 0.6 is 11.6 Å². The second-order valence-electron chi connectivity index (χ2n) is 7.83. The van der Waals surface area contributed by atoms with Crippen LogP contribution in [0.4, 0.5) is 5.69 Å². The first-order valence-corrected chi connectivity index (χ1v) is 10.9. The van der Waals surface area contributed by atoms with Crippen LogP contribution in [-0.4, -0.2) is 36.0 Å². The van der Waals surface area contributed by atoms with E-state index in [2.05, 4.69) is 4.98 Å². The molecule has 1 aromatic heterocycles. The van der Waals surface area contributed by atoms with E-state index in [1.807, 2.05) is 26.0 Å². The van der Waals surface area contributed by atoms with Gasteiger partial charge in [-0.25, -0.2) is 0 Å².